The van der Waals surface area contributed by atoms with Crippen LogP contribution in [0.1, 0.15) is 25.5 Å². The predicted octanol–water partition coefficient (Wildman–Crippen LogP) is 0.576. The van der Waals surface area contributed by atoms with Crippen molar-refractivity contribution in [2.45, 2.75) is 25.9 Å². The minimum Gasteiger partial charge on any atom is -0.409 e. The number of rotatable bonds is 4. The third-order valence-electron chi connectivity index (χ3n) is 3.11. The molecule has 3 N–H and O–H groups in total. The fourth-order valence-corrected chi connectivity index (χ4v) is 2.29. The number of piperidine rings is 1. The SMILES string of the molecule is CCOC1CCCN(c2nccnc2/C(N)=N/O)C1. The molecule has 1 aromatic heterocycles. The van der Waals surface area contributed by atoms with Gasteiger partial charge in [0.05, 0.1) is 6.10 Å². The van der Waals surface area contributed by atoms with E-state index in [0.29, 0.717) is 18.1 Å². The van der Waals surface area contributed by atoms with Gasteiger partial charge >= 0.3 is 0 Å². The van der Waals surface area contributed by atoms with Crippen LogP contribution in [-0.2, 0) is 4.74 Å². The zero-order chi connectivity index (χ0) is 13.7. The van der Waals surface area contributed by atoms with Crippen LogP contribution in [0.3, 0.4) is 0 Å². The van der Waals surface area contributed by atoms with Crippen molar-refractivity contribution in [3.63, 3.8) is 0 Å². The molecule has 19 heavy (non-hydrogen) atoms. The van der Waals surface area contributed by atoms with E-state index in [9.17, 15) is 0 Å². The van der Waals surface area contributed by atoms with Crippen molar-refractivity contribution in [2.24, 2.45) is 10.9 Å². The summed E-state index contributed by atoms with van der Waals surface area (Å²) in [5.74, 6) is 0.615. The summed E-state index contributed by atoms with van der Waals surface area (Å²) in [6, 6.07) is 0. The Labute approximate surface area is 112 Å². The molecular formula is C12H19N5O2. The molecule has 0 saturated carbocycles. The zero-order valence-corrected chi connectivity index (χ0v) is 11.0. The first-order chi connectivity index (χ1) is 9.26. The van der Waals surface area contributed by atoms with Gasteiger partial charge in [-0.25, -0.2) is 9.97 Å². The van der Waals surface area contributed by atoms with Gasteiger partial charge in [0.2, 0.25) is 0 Å². The van der Waals surface area contributed by atoms with E-state index in [0.717, 1.165) is 25.9 Å². The molecule has 2 rings (SSSR count). The second-order valence-corrected chi connectivity index (χ2v) is 4.38. The third-order valence-corrected chi connectivity index (χ3v) is 3.11. The summed E-state index contributed by atoms with van der Waals surface area (Å²) in [4.78, 5) is 10.5. The molecule has 1 atom stereocenters. The number of hydrogen-bond acceptors (Lipinski definition) is 6. The summed E-state index contributed by atoms with van der Waals surface area (Å²) >= 11 is 0. The van der Waals surface area contributed by atoms with Crippen LogP contribution in [0, 0.1) is 0 Å². The van der Waals surface area contributed by atoms with Gasteiger partial charge in [-0.1, -0.05) is 5.16 Å². The average molecular weight is 265 g/mol. The highest BCUT2D eigenvalue weighted by Gasteiger charge is 2.24. The van der Waals surface area contributed by atoms with E-state index in [1.807, 2.05) is 6.92 Å². The minimum absolute atomic E-state index is 0.0263. The third kappa shape index (κ3) is 3.11. The van der Waals surface area contributed by atoms with Gasteiger partial charge in [0, 0.05) is 32.1 Å². The Bertz CT molecular complexity index is 450. The number of ether oxygens (including phenoxy) is 1. The summed E-state index contributed by atoms with van der Waals surface area (Å²) in [5, 5.41) is 11.8. The highest BCUT2D eigenvalue weighted by atomic mass is 16.5. The Morgan fingerprint density at radius 1 is 1.58 bits per heavy atom. The van der Waals surface area contributed by atoms with Crippen molar-refractivity contribution >= 4 is 11.7 Å². The molecule has 104 valence electrons. The summed E-state index contributed by atoms with van der Waals surface area (Å²) < 4.78 is 5.66. The van der Waals surface area contributed by atoms with Crippen LogP contribution >= 0.6 is 0 Å². The lowest BCUT2D eigenvalue weighted by atomic mass is 10.1. The number of nitrogens with zero attached hydrogens (tertiary/aromatic N) is 4. The second kappa shape index (κ2) is 6.33. The molecule has 0 amide bonds. The molecule has 0 aromatic carbocycles. The maximum atomic E-state index is 8.80. The van der Waals surface area contributed by atoms with Gasteiger partial charge in [-0.3, -0.25) is 0 Å². The van der Waals surface area contributed by atoms with Crippen LogP contribution in [0.2, 0.25) is 0 Å². The molecule has 1 aromatic rings. The molecule has 0 radical (unpaired) electrons. The van der Waals surface area contributed by atoms with Crippen molar-refractivity contribution in [3.8, 4) is 0 Å². The summed E-state index contributed by atoms with van der Waals surface area (Å²) in [6.07, 6.45) is 5.40. The van der Waals surface area contributed by atoms with E-state index in [1.54, 1.807) is 6.20 Å². The molecule has 0 bridgehead atoms. The van der Waals surface area contributed by atoms with Crippen LogP contribution in [0.25, 0.3) is 0 Å². The highest BCUT2D eigenvalue weighted by Crippen LogP contribution is 2.21. The average Bonchev–Trinajstić information content (AvgIpc) is 2.47. The van der Waals surface area contributed by atoms with Gasteiger partial charge in [-0.15, -0.1) is 0 Å². The number of hydrogen-bond donors (Lipinski definition) is 2. The maximum Gasteiger partial charge on any atom is 0.192 e. The van der Waals surface area contributed by atoms with E-state index >= 15 is 0 Å². The van der Waals surface area contributed by atoms with Crippen LogP contribution in [0.15, 0.2) is 17.5 Å². The molecule has 1 fully saturated rings. The molecule has 1 aliphatic rings. The smallest absolute Gasteiger partial charge is 0.192 e. The maximum absolute atomic E-state index is 8.80. The number of amidine groups is 1. The topological polar surface area (TPSA) is 96.9 Å². The molecule has 2 heterocycles. The Morgan fingerprint density at radius 2 is 2.37 bits per heavy atom. The first-order valence-corrected chi connectivity index (χ1v) is 6.41. The lowest BCUT2D eigenvalue weighted by molar-refractivity contribution is 0.0525. The molecule has 1 unspecified atom stereocenters. The number of oxime groups is 1. The molecule has 7 heteroatoms. The summed E-state index contributed by atoms with van der Waals surface area (Å²) in [7, 11) is 0. The van der Waals surface area contributed by atoms with Gasteiger partial charge in [0.25, 0.3) is 0 Å². The molecule has 1 aliphatic heterocycles. The normalized spacial score (nSPS) is 20.6. The van der Waals surface area contributed by atoms with Gasteiger partial charge in [-0.2, -0.15) is 0 Å². The second-order valence-electron chi connectivity index (χ2n) is 4.38. The monoisotopic (exact) mass is 265 g/mol. The van der Waals surface area contributed by atoms with E-state index in [4.69, 9.17) is 15.7 Å². The lowest BCUT2D eigenvalue weighted by Gasteiger charge is -2.33. The lowest BCUT2D eigenvalue weighted by Crippen LogP contribution is -2.41. The first-order valence-electron chi connectivity index (χ1n) is 6.41. The van der Waals surface area contributed by atoms with Crippen molar-refractivity contribution in [2.75, 3.05) is 24.6 Å². The van der Waals surface area contributed by atoms with Crippen LogP contribution in [-0.4, -0.2) is 46.8 Å². The fraction of sp³-hybridized carbons (Fsp3) is 0.583. The Hall–Kier alpha value is -1.89. The number of anilines is 1. The predicted molar refractivity (Wildman–Crippen MR) is 71.4 cm³/mol. The van der Waals surface area contributed by atoms with Crippen LogP contribution in [0.5, 0.6) is 0 Å². The van der Waals surface area contributed by atoms with E-state index in [-0.39, 0.29) is 11.9 Å². The molecule has 0 aliphatic carbocycles. The Kier molecular flexibility index (Phi) is 4.51. The molecule has 1 saturated heterocycles. The van der Waals surface area contributed by atoms with Crippen molar-refractivity contribution in [1.29, 1.82) is 0 Å². The summed E-state index contributed by atoms with van der Waals surface area (Å²) in [5.41, 5.74) is 6.04. The van der Waals surface area contributed by atoms with Crippen molar-refractivity contribution in [1.82, 2.24) is 9.97 Å². The van der Waals surface area contributed by atoms with E-state index in [2.05, 4.69) is 20.0 Å². The number of aromatic nitrogens is 2. The van der Waals surface area contributed by atoms with Gasteiger partial charge in [-0.05, 0) is 19.8 Å². The molecule has 7 nitrogen and oxygen atoms in total. The van der Waals surface area contributed by atoms with Crippen molar-refractivity contribution in [3.05, 3.63) is 18.1 Å². The van der Waals surface area contributed by atoms with E-state index in [1.165, 1.54) is 6.20 Å². The quantitative estimate of drug-likeness (QED) is 0.358. The standard InChI is InChI=1S/C12H19N5O2/c1-2-19-9-4-3-7-17(8-9)12-10(11(13)16-18)14-5-6-15-12/h5-6,9,18H,2-4,7-8H2,1H3,(H2,13,16). The van der Waals surface area contributed by atoms with Gasteiger partial charge < -0.3 is 20.6 Å². The van der Waals surface area contributed by atoms with Gasteiger partial charge in [0.15, 0.2) is 17.3 Å². The highest BCUT2D eigenvalue weighted by molar-refractivity contribution is 5.99. The number of nitrogens with two attached hydrogens (primary N) is 1. The molecule has 0 spiro atoms. The first kappa shape index (κ1) is 13.5. The van der Waals surface area contributed by atoms with Gasteiger partial charge in [0.1, 0.15) is 0 Å². The largest absolute Gasteiger partial charge is 0.409 e. The van der Waals surface area contributed by atoms with E-state index < -0.39 is 0 Å². The zero-order valence-electron chi connectivity index (χ0n) is 11.0. The fourth-order valence-electron chi connectivity index (χ4n) is 2.29. The Morgan fingerprint density at radius 3 is 3.11 bits per heavy atom. The Balaban J connectivity index is 2.21. The molecular weight excluding hydrogens is 246 g/mol. The van der Waals surface area contributed by atoms with Crippen LogP contribution in [0.4, 0.5) is 5.82 Å². The minimum atomic E-state index is -0.0263. The summed E-state index contributed by atoms with van der Waals surface area (Å²) in [6.45, 7) is 4.31. The van der Waals surface area contributed by atoms with Crippen molar-refractivity contribution < 1.29 is 9.94 Å². The van der Waals surface area contributed by atoms with Crippen LogP contribution < -0.4 is 10.6 Å².